The van der Waals surface area contributed by atoms with Crippen molar-refractivity contribution in [3.8, 4) is 0 Å². The van der Waals surface area contributed by atoms with E-state index in [1.165, 1.54) is 23.3 Å². The average molecular weight is 1530 g/mol. The summed E-state index contributed by atoms with van der Waals surface area (Å²) in [6, 6.07) is 53.2. The van der Waals surface area contributed by atoms with Crippen LogP contribution in [0.5, 0.6) is 0 Å². The Balaban J connectivity index is 0.000000162. The number of benzene rings is 8. The predicted octanol–water partition coefficient (Wildman–Crippen LogP) is 11.2. The third kappa shape index (κ3) is 18.6. The molecule has 0 amide bonds. The summed E-state index contributed by atoms with van der Waals surface area (Å²) in [5.41, 5.74) is 11.4. The Morgan fingerprint density at radius 3 is 1.01 bits per heavy atom. The minimum Gasteiger partial charge on any atom is -0.468 e. The second-order valence-electron chi connectivity index (χ2n) is 25.9. The van der Waals surface area contributed by atoms with Crippen LogP contribution in [0.2, 0.25) is 0 Å². The van der Waals surface area contributed by atoms with E-state index >= 15 is 0 Å². The number of ether oxygens (including phenoxy) is 4. The molecule has 105 heavy (non-hydrogen) atoms. The van der Waals surface area contributed by atoms with Gasteiger partial charge in [-0.2, -0.15) is 0 Å². The zero-order valence-electron chi connectivity index (χ0n) is 61.3. The SMILES string of the molecule is CN1c2ccccc2C(NCCCCCCOC=O)c2ccccc2S1(=O)=O.COCCCNC1c2ccccc2N(C)S(=O)(=O)c2cc(C)ccc21.COCCCNC1c2ccccc2N(C)S(=O)(=O)c2cc(C)ccc21.COCCCNC1c2ccccc2N(C)S(=O)(=O)c2cc(S(C)=O)ccc21. The number of carbonyl (C=O) groups is 1. The van der Waals surface area contributed by atoms with Crippen LogP contribution in [0.4, 0.5) is 22.7 Å². The second kappa shape index (κ2) is 37.1. The molecule has 4 N–H and O–H groups in total. The highest BCUT2D eigenvalue weighted by Gasteiger charge is 2.39. The van der Waals surface area contributed by atoms with E-state index in [1.807, 2.05) is 147 Å². The van der Waals surface area contributed by atoms with Crippen LogP contribution in [0.15, 0.2) is 200 Å². The largest absolute Gasteiger partial charge is 0.468 e. The Bertz CT molecular complexity index is 4650. The third-order valence-electron chi connectivity index (χ3n) is 18.9. The standard InChI is InChI=1S/C21H26N2O4S.C19H24N2O4S2.2C19H24N2O3S/c1-23-19-12-6-4-10-17(19)21(22-14-8-2-3-9-15-27-16-24)18-11-5-7-13-20(18)28(23,25)26;1-21-17-8-5-4-7-15(17)19(20-11-6-12-25-2)16-10-9-14(26(3)22)13-18(16)27(21,23)24;2*1-14-9-10-16-18(13-14)25(22,23)21(2)17-8-5-4-7-15(17)19(16)20-11-6-12-24-3/h4-7,10-13,16,21-22H,2-3,8-9,14-15H2,1H3;4-5,7-10,13,19-20H,6,11-12H2,1-3H3;2*4-5,7-10,13,19-20H,6,11-12H2,1-3H3. The minimum absolute atomic E-state index is 0.177. The molecule has 22 nitrogen and oxygen atoms in total. The van der Waals surface area contributed by atoms with E-state index in [9.17, 15) is 42.7 Å². The molecule has 5 unspecified atom stereocenters. The lowest BCUT2D eigenvalue weighted by Crippen LogP contribution is -2.26. The second-order valence-corrected chi connectivity index (χ2v) is 35.0. The van der Waals surface area contributed by atoms with Crippen LogP contribution >= 0.6 is 0 Å². The maximum Gasteiger partial charge on any atom is 0.293 e. The van der Waals surface area contributed by atoms with Gasteiger partial charge in [-0.25, -0.2) is 33.7 Å². The van der Waals surface area contributed by atoms with Crippen LogP contribution in [0, 0.1) is 13.8 Å². The fourth-order valence-electron chi connectivity index (χ4n) is 13.4. The number of methoxy groups -OCH3 is 3. The minimum atomic E-state index is -3.76. The van der Waals surface area contributed by atoms with Crippen molar-refractivity contribution in [2.45, 2.75) is 107 Å². The molecule has 0 aliphatic carbocycles. The Morgan fingerprint density at radius 2 is 0.657 bits per heavy atom. The van der Waals surface area contributed by atoms with Crippen molar-refractivity contribution >= 4 is 80.1 Å². The van der Waals surface area contributed by atoms with Crippen LogP contribution in [-0.4, -0.2) is 153 Å². The van der Waals surface area contributed by atoms with Crippen LogP contribution in [0.25, 0.3) is 0 Å². The van der Waals surface area contributed by atoms with Crippen molar-refractivity contribution in [3.63, 3.8) is 0 Å². The summed E-state index contributed by atoms with van der Waals surface area (Å²) >= 11 is 0. The van der Waals surface area contributed by atoms with E-state index < -0.39 is 50.9 Å². The van der Waals surface area contributed by atoms with Gasteiger partial charge >= 0.3 is 0 Å². The molecule has 4 heterocycles. The molecule has 8 aromatic rings. The summed E-state index contributed by atoms with van der Waals surface area (Å²) in [6.07, 6.45) is 7.90. The van der Waals surface area contributed by atoms with Crippen LogP contribution < -0.4 is 38.5 Å². The highest BCUT2D eigenvalue weighted by Crippen LogP contribution is 2.45. The Hall–Kier alpha value is -7.90. The number of rotatable bonds is 25. The van der Waals surface area contributed by atoms with E-state index in [4.69, 9.17) is 18.9 Å². The number of carbonyl (C=O) groups excluding carboxylic acids is 1. The first kappa shape index (κ1) is 81.2. The number of aryl methyl sites for hydroxylation is 2. The number of nitrogens with zero attached hydrogens (tertiary/aromatic N) is 4. The number of anilines is 4. The van der Waals surface area contributed by atoms with Gasteiger partial charge in [-0.15, -0.1) is 0 Å². The summed E-state index contributed by atoms with van der Waals surface area (Å²) in [6.45, 7) is 9.65. The number of unbranched alkanes of at least 4 members (excludes halogenated alkanes) is 3. The van der Waals surface area contributed by atoms with Gasteiger partial charge in [0.15, 0.2) is 0 Å². The van der Waals surface area contributed by atoms with E-state index in [0.29, 0.717) is 87.3 Å². The topological polar surface area (TPSA) is 269 Å². The maximum absolute atomic E-state index is 13.3. The summed E-state index contributed by atoms with van der Waals surface area (Å²) in [7, 11) is -4.39. The number of fused-ring (bicyclic) bond motifs is 8. The molecule has 12 rings (SSSR count). The Kier molecular flexibility index (Phi) is 28.7. The van der Waals surface area contributed by atoms with Crippen molar-refractivity contribution in [1.29, 1.82) is 0 Å². The van der Waals surface area contributed by atoms with E-state index in [1.54, 1.807) is 92.2 Å². The van der Waals surface area contributed by atoms with Gasteiger partial charge in [0.25, 0.3) is 46.6 Å². The molecular weight excluding hydrogens is 1430 g/mol. The van der Waals surface area contributed by atoms with Gasteiger partial charge < -0.3 is 40.2 Å². The van der Waals surface area contributed by atoms with E-state index in [-0.39, 0.29) is 29.1 Å². The predicted molar refractivity (Wildman–Crippen MR) is 415 cm³/mol. The fourth-order valence-corrected chi connectivity index (χ4v) is 20.0. The zero-order chi connectivity index (χ0) is 75.6. The Labute approximate surface area is 623 Å². The van der Waals surface area contributed by atoms with Gasteiger partial charge in [-0.3, -0.25) is 26.2 Å². The molecule has 0 saturated carbocycles. The molecular formula is C78H98N8O14S5. The van der Waals surface area contributed by atoms with Crippen LogP contribution in [0.1, 0.15) is 125 Å². The first-order valence-electron chi connectivity index (χ1n) is 34.9. The van der Waals surface area contributed by atoms with Crippen molar-refractivity contribution in [2.24, 2.45) is 0 Å². The zero-order valence-corrected chi connectivity index (χ0v) is 65.4. The molecule has 0 saturated heterocycles. The average Bonchev–Trinajstić information content (AvgIpc) is 1.60. The number of nitrogens with one attached hydrogen (secondary N) is 4. The van der Waals surface area contributed by atoms with Crippen molar-refractivity contribution in [3.05, 3.63) is 232 Å². The smallest absolute Gasteiger partial charge is 0.293 e. The number of hydrogen-bond donors (Lipinski definition) is 4. The summed E-state index contributed by atoms with van der Waals surface area (Å²) in [5.74, 6) is 0. The summed E-state index contributed by atoms with van der Waals surface area (Å²) < 4.78 is 143. The number of para-hydroxylation sites is 4. The van der Waals surface area contributed by atoms with Crippen molar-refractivity contribution in [1.82, 2.24) is 21.3 Å². The van der Waals surface area contributed by atoms with Crippen LogP contribution in [-0.2, 0) is 74.6 Å². The molecule has 0 bridgehead atoms. The fraction of sp³-hybridized carbons (Fsp3) is 0.372. The van der Waals surface area contributed by atoms with Gasteiger partial charge in [-0.05, 0) is 182 Å². The van der Waals surface area contributed by atoms with Crippen molar-refractivity contribution in [2.75, 3.05) is 126 Å². The molecule has 4 aliphatic rings. The normalized spacial score (nSPS) is 18.3. The first-order valence-corrected chi connectivity index (χ1v) is 42.2. The maximum atomic E-state index is 13.3. The molecule has 0 radical (unpaired) electrons. The van der Waals surface area contributed by atoms with Crippen LogP contribution in [0.3, 0.4) is 0 Å². The van der Waals surface area contributed by atoms with E-state index in [0.717, 1.165) is 115 Å². The molecule has 0 fully saturated rings. The number of sulfonamides is 4. The summed E-state index contributed by atoms with van der Waals surface area (Å²) in [5, 5.41) is 14.1. The number of hydrogen-bond acceptors (Lipinski definition) is 18. The molecule has 27 heteroatoms. The molecule has 0 spiro atoms. The molecule has 564 valence electrons. The molecule has 8 aromatic carbocycles. The lowest BCUT2D eigenvalue weighted by molar-refractivity contribution is -0.128. The molecule has 0 aromatic heterocycles. The van der Waals surface area contributed by atoms with E-state index in [2.05, 4.69) is 21.3 Å². The first-order chi connectivity index (χ1) is 50.4. The molecule has 5 atom stereocenters. The lowest BCUT2D eigenvalue weighted by Gasteiger charge is -2.22. The quantitative estimate of drug-likeness (QED) is 0.0306. The van der Waals surface area contributed by atoms with Gasteiger partial charge in [0.2, 0.25) is 0 Å². The Morgan fingerprint density at radius 1 is 0.362 bits per heavy atom. The third-order valence-corrected chi connectivity index (χ3v) is 27.2. The van der Waals surface area contributed by atoms with Crippen molar-refractivity contribution < 1.29 is 61.6 Å². The highest BCUT2D eigenvalue weighted by molar-refractivity contribution is 7.94. The monoisotopic (exact) mass is 1530 g/mol. The lowest BCUT2D eigenvalue weighted by atomic mass is 9.96. The molecule has 4 aliphatic heterocycles. The van der Waals surface area contributed by atoms with Gasteiger partial charge in [-0.1, -0.05) is 134 Å². The summed E-state index contributed by atoms with van der Waals surface area (Å²) in [4.78, 5) is 11.9. The van der Waals surface area contributed by atoms with Gasteiger partial charge in [0.1, 0.15) is 0 Å². The van der Waals surface area contributed by atoms with Gasteiger partial charge in [0.05, 0.1) is 73.1 Å². The van der Waals surface area contributed by atoms with Gasteiger partial charge in [0, 0.05) is 91.3 Å². The highest BCUT2D eigenvalue weighted by atomic mass is 32.2.